The fraction of sp³-hybridized carbons (Fsp3) is 0.148. The molecule has 0 unspecified atom stereocenters. The molecule has 0 bridgehead atoms. The highest BCUT2D eigenvalue weighted by Crippen LogP contribution is 2.35. The number of halogens is 1. The molecule has 0 fully saturated rings. The number of rotatable bonds is 8. The molecule has 0 radical (unpaired) electrons. The first-order valence-electron chi connectivity index (χ1n) is 10.8. The van der Waals surface area contributed by atoms with E-state index in [0.29, 0.717) is 39.6 Å². The third kappa shape index (κ3) is 4.90. The number of oxime groups is 1. The van der Waals surface area contributed by atoms with Crippen LogP contribution in [-0.4, -0.2) is 45.1 Å². The molecule has 0 aliphatic heterocycles. The first-order valence-corrected chi connectivity index (χ1v) is 10.8. The zero-order chi connectivity index (χ0) is 25.7. The maximum Gasteiger partial charge on any atom is 0.365 e. The summed E-state index contributed by atoms with van der Waals surface area (Å²) in [5, 5.41) is 5.67. The molecule has 184 valence electrons. The monoisotopic (exact) mass is 490 g/mol. The number of carbonyl (C=O) groups is 1. The van der Waals surface area contributed by atoms with E-state index < -0.39 is 11.8 Å². The maximum atomic E-state index is 13.3. The molecule has 4 aromatic rings. The van der Waals surface area contributed by atoms with Crippen molar-refractivity contribution in [1.29, 1.82) is 0 Å². The number of methoxy groups -OCH3 is 4. The van der Waals surface area contributed by atoms with Gasteiger partial charge in [-0.2, -0.15) is 0 Å². The summed E-state index contributed by atoms with van der Waals surface area (Å²) in [5.74, 6) is 0.787. The second-order valence-electron chi connectivity index (χ2n) is 7.48. The van der Waals surface area contributed by atoms with Crippen LogP contribution in [0.15, 0.2) is 72.0 Å². The lowest BCUT2D eigenvalue weighted by molar-refractivity contribution is 0.0517. The number of carbonyl (C=O) groups excluding carboxylic acids is 1. The molecule has 9 heteroatoms. The van der Waals surface area contributed by atoms with Crippen molar-refractivity contribution in [2.75, 3.05) is 28.4 Å². The Morgan fingerprint density at radius 3 is 2.03 bits per heavy atom. The normalized spacial score (nSPS) is 11.2. The van der Waals surface area contributed by atoms with Crippen molar-refractivity contribution in [2.24, 2.45) is 5.16 Å². The highest BCUT2D eigenvalue weighted by atomic mass is 19.1. The Bertz CT molecular complexity index is 1440. The molecule has 0 N–H and O–H groups in total. The first kappa shape index (κ1) is 24.5. The molecule has 1 heterocycles. The van der Waals surface area contributed by atoms with Gasteiger partial charge >= 0.3 is 5.97 Å². The van der Waals surface area contributed by atoms with Crippen molar-refractivity contribution in [1.82, 2.24) is 4.98 Å². The molecule has 1 aromatic heterocycles. The quantitative estimate of drug-likeness (QED) is 0.195. The first-order chi connectivity index (χ1) is 17.5. The molecule has 0 spiro atoms. The van der Waals surface area contributed by atoms with E-state index in [2.05, 4.69) is 10.1 Å². The van der Waals surface area contributed by atoms with Crippen molar-refractivity contribution in [3.05, 3.63) is 89.5 Å². The van der Waals surface area contributed by atoms with Gasteiger partial charge in [-0.15, -0.1) is 0 Å². The van der Waals surface area contributed by atoms with Gasteiger partial charge in [0.2, 0.25) is 0 Å². The van der Waals surface area contributed by atoms with Gasteiger partial charge < -0.3 is 23.8 Å². The predicted octanol–water partition coefficient (Wildman–Crippen LogP) is 5.02. The van der Waals surface area contributed by atoms with Crippen LogP contribution < -0.4 is 18.9 Å². The van der Waals surface area contributed by atoms with E-state index in [1.807, 2.05) is 12.1 Å². The molecule has 0 atom stereocenters. The van der Waals surface area contributed by atoms with Crippen LogP contribution in [-0.2, 0) is 4.84 Å². The van der Waals surface area contributed by atoms with Crippen LogP contribution in [0.5, 0.6) is 23.0 Å². The maximum absolute atomic E-state index is 13.3. The number of aromatic nitrogens is 1. The fourth-order valence-electron chi connectivity index (χ4n) is 3.63. The van der Waals surface area contributed by atoms with Crippen LogP contribution in [0.3, 0.4) is 0 Å². The fourth-order valence-corrected chi connectivity index (χ4v) is 3.63. The highest BCUT2D eigenvalue weighted by molar-refractivity contribution is 6.18. The summed E-state index contributed by atoms with van der Waals surface area (Å²) < 4.78 is 35.0. The Morgan fingerprint density at radius 2 is 1.36 bits per heavy atom. The number of fused-ring (bicyclic) bond motifs is 1. The summed E-state index contributed by atoms with van der Waals surface area (Å²) >= 11 is 0. The van der Waals surface area contributed by atoms with Gasteiger partial charge in [-0.25, -0.2) is 9.18 Å². The van der Waals surface area contributed by atoms with Crippen molar-refractivity contribution >= 4 is 22.5 Å². The summed E-state index contributed by atoms with van der Waals surface area (Å²) in [5.41, 5.74) is 1.37. The summed E-state index contributed by atoms with van der Waals surface area (Å²) in [6, 6.07) is 15.5. The second kappa shape index (κ2) is 10.7. The lowest BCUT2D eigenvalue weighted by Gasteiger charge is -2.14. The topological polar surface area (TPSA) is 88.5 Å². The Hall–Kier alpha value is -4.66. The molecule has 4 rings (SSSR count). The molecule has 36 heavy (non-hydrogen) atoms. The molecular formula is C27H23FN2O6. The average molecular weight is 490 g/mol. The van der Waals surface area contributed by atoms with Crippen LogP contribution in [0.1, 0.15) is 21.6 Å². The predicted molar refractivity (Wildman–Crippen MR) is 132 cm³/mol. The lowest BCUT2D eigenvalue weighted by Crippen LogP contribution is -2.11. The zero-order valence-electron chi connectivity index (χ0n) is 20.1. The van der Waals surface area contributed by atoms with E-state index in [9.17, 15) is 9.18 Å². The molecule has 0 saturated heterocycles. The third-order valence-electron chi connectivity index (χ3n) is 5.45. The highest BCUT2D eigenvalue weighted by Gasteiger charge is 2.19. The van der Waals surface area contributed by atoms with Crippen molar-refractivity contribution in [2.45, 2.75) is 0 Å². The standard InChI is InChI=1S/C27H23FN2O6/c1-32-21-10-7-18(14-22(21)33-2)25(30-36-27(31)16-5-8-19(28)9-6-16)26-20-15-24(35-4)23(34-3)13-17(20)11-12-29-26/h5-15H,1-4H3. The van der Waals surface area contributed by atoms with E-state index >= 15 is 0 Å². The molecular weight excluding hydrogens is 467 g/mol. The minimum atomic E-state index is -0.757. The summed E-state index contributed by atoms with van der Waals surface area (Å²) in [6.07, 6.45) is 1.61. The van der Waals surface area contributed by atoms with Crippen LogP contribution in [0, 0.1) is 5.82 Å². The number of pyridine rings is 1. The Kier molecular flexibility index (Phi) is 7.29. The van der Waals surface area contributed by atoms with Gasteiger partial charge in [-0.05, 0) is 66.0 Å². The smallest absolute Gasteiger partial charge is 0.365 e. The molecule has 8 nitrogen and oxygen atoms in total. The Morgan fingerprint density at radius 1 is 0.750 bits per heavy atom. The van der Waals surface area contributed by atoms with E-state index in [1.165, 1.54) is 45.6 Å². The van der Waals surface area contributed by atoms with Gasteiger partial charge in [-0.3, -0.25) is 4.98 Å². The largest absolute Gasteiger partial charge is 0.493 e. The molecule has 0 saturated carbocycles. The zero-order valence-corrected chi connectivity index (χ0v) is 20.1. The van der Waals surface area contributed by atoms with Crippen LogP contribution >= 0.6 is 0 Å². The van der Waals surface area contributed by atoms with Crippen molar-refractivity contribution in [3.63, 3.8) is 0 Å². The number of hydrogen-bond donors (Lipinski definition) is 0. The third-order valence-corrected chi connectivity index (χ3v) is 5.45. The number of hydrogen-bond acceptors (Lipinski definition) is 8. The van der Waals surface area contributed by atoms with E-state index in [-0.39, 0.29) is 11.3 Å². The van der Waals surface area contributed by atoms with Crippen LogP contribution in [0.25, 0.3) is 10.8 Å². The van der Waals surface area contributed by atoms with Gasteiger partial charge in [0.05, 0.1) is 34.0 Å². The minimum absolute atomic E-state index is 0.143. The number of nitrogens with zero attached hydrogens (tertiary/aromatic N) is 2. The van der Waals surface area contributed by atoms with Gasteiger partial charge in [-0.1, -0.05) is 5.16 Å². The Balaban J connectivity index is 1.88. The van der Waals surface area contributed by atoms with Crippen LogP contribution in [0.2, 0.25) is 0 Å². The van der Waals surface area contributed by atoms with Crippen LogP contribution in [0.4, 0.5) is 4.39 Å². The molecule has 3 aromatic carbocycles. The SMILES string of the molecule is COc1ccc(C(=NOC(=O)c2ccc(F)cc2)c2nccc3cc(OC)c(OC)cc23)cc1OC. The second-order valence-corrected chi connectivity index (χ2v) is 7.48. The minimum Gasteiger partial charge on any atom is -0.493 e. The molecule has 0 amide bonds. The van der Waals surface area contributed by atoms with E-state index in [1.54, 1.807) is 37.6 Å². The molecule has 0 aliphatic rings. The van der Waals surface area contributed by atoms with Crippen molar-refractivity contribution in [3.8, 4) is 23.0 Å². The number of ether oxygens (including phenoxy) is 4. The average Bonchev–Trinajstić information content (AvgIpc) is 2.92. The molecule has 0 aliphatic carbocycles. The Labute approximate surface area is 206 Å². The van der Waals surface area contributed by atoms with Gasteiger partial charge in [0.25, 0.3) is 0 Å². The lowest BCUT2D eigenvalue weighted by atomic mass is 10.0. The summed E-state index contributed by atoms with van der Waals surface area (Å²) in [7, 11) is 6.13. The number of benzene rings is 3. The van der Waals surface area contributed by atoms with Gasteiger partial charge in [0.1, 0.15) is 17.2 Å². The van der Waals surface area contributed by atoms with Gasteiger partial charge in [0.15, 0.2) is 23.0 Å². The summed E-state index contributed by atoms with van der Waals surface area (Å²) in [4.78, 5) is 22.5. The summed E-state index contributed by atoms with van der Waals surface area (Å²) in [6.45, 7) is 0. The van der Waals surface area contributed by atoms with Crippen molar-refractivity contribution < 1.29 is 33.0 Å². The van der Waals surface area contributed by atoms with E-state index in [4.69, 9.17) is 23.8 Å². The van der Waals surface area contributed by atoms with E-state index in [0.717, 1.165) is 5.39 Å². The van der Waals surface area contributed by atoms with Gasteiger partial charge in [0, 0.05) is 17.1 Å².